The molecule has 4 heteroatoms. The normalized spacial score (nSPS) is 18.0. The highest BCUT2D eigenvalue weighted by Gasteiger charge is 2.28. The second kappa shape index (κ2) is 4.75. The Labute approximate surface area is 111 Å². The lowest BCUT2D eigenvalue weighted by Crippen LogP contribution is -2.00. The number of rotatable bonds is 3. The van der Waals surface area contributed by atoms with E-state index in [1.54, 1.807) is 13.3 Å². The predicted octanol–water partition coefficient (Wildman–Crippen LogP) is 3.29. The Morgan fingerprint density at radius 2 is 2.39 bits per heavy atom. The lowest BCUT2D eigenvalue weighted by Gasteiger charge is -2.12. The molecule has 94 valence electrons. The topological polar surface area (TPSA) is 37.9 Å². The molecular weight excluding hydrogens is 248 g/mol. The van der Waals surface area contributed by atoms with E-state index < -0.39 is 0 Å². The lowest BCUT2D eigenvalue weighted by atomic mass is 9.98. The van der Waals surface area contributed by atoms with E-state index in [1.807, 2.05) is 12.3 Å². The number of methoxy groups -OCH3 is 1. The fourth-order valence-electron chi connectivity index (χ4n) is 2.80. The Kier molecular flexibility index (Phi) is 3.10. The first kappa shape index (κ1) is 11.8. The molecule has 0 saturated carbocycles. The van der Waals surface area contributed by atoms with Crippen LogP contribution in [0.4, 0.5) is 0 Å². The number of H-pyrrole nitrogens is 1. The van der Waals surface area contributed by atoms with Gasteiger partial charge in [0.2, 0.25) is 0 Å². The van der Waals surface area contributed by atoms with Gasteiger partial charge in [0.15, 0.2) is 0 Å². The molecule has 0 bridgehead atoms. The highest BCUT2D eigenvalue weighted by Crippen LogP contribution is 2.40. The molecule has 0 amide bonds. The first-order chi connectivity index (χ1) is 8.81. The summed E-state index contributed by atoms with van der Waals surface area (Å²) in [6, 6.07) is 4.09. The van der Waals surface area contributed by atoms with Crippen molar-refractivity contribution in [1.82, 2.24) is 9.97 Å². The molecule has 1 aromatic heterocycles. The minimum absolute atomic E-state index is 0.364. The van der Waals surface area contributed by atoms with Gasteiger partial charge in [-0.05, 0) is 35.6 Å². The van der Waals surface area contributed by atoms with Crippen LogP contribution in [0.15, 0.2) is 24.5 Å². The van der Waals surface area contributed by atoms with Crippen molar-refractivity contribution in [3.8, 4) is 0 Å². The zero-order chi connectivity index (χ0) is 12.5. The van der Waals surface area contributed by atoms with E-state index in [-0.39, 0.29) is 0 Å². The van der Waals surface area contributed by atoms with Gasteiger partial charge in [0.25, 0.3) is 0 Å². The van der Waals surface area contributed by atoms with Gasteiger partial charge in [-0.3, -0.25) is 0 Å². The number of aromatic amines is 1. The van der Waals surface area contributed by atoms with Gasteiger partial charge < -0.3 is 9.72 Å². The average Bonchev–Trinajstić information content (AvgIpc) is 3.00. The third kappa shape index (κ3) is 1.84. The molecule has 0 saturated heterocycles. The van der Waals surface area contributed by atoms with Crippen molar-refractivity contribution >= 4 is 11.6 Å². The number of imidazole rings is 1. The van der Waals surface area contributed by atoms with Gasteiger partial charge in [0, 0.05) is 30.4 Å². The van der Waals surface area contributed by atoms with Gasteiger partial charge >= 0.3 is 0 Å². The van der Waals surface area contributed by atoms with E-state index >= 15 is 0 Å². The summed E-state index contributed by atoms with van der Waals surface area (Å²) in [4.78, 5) is 7.59. The van der Waals surface area contributed by atoms with Crippen LogP contribution in [-0.2, 0) is 17.8 Å². The number of hydrogen-bond acceptors (Lipinski definition) is 2. The number of fused-ring (bicyclic) bond motifs is 1. The van der Waals surface area contributed by atoms with Crippen molar-refractivity contribution in [3.63, 3.8) is 0 Å². The van der Waals surface area contributed by atoms with Crippen LogP contribution < -0.4 is 0 Å². The average molecular weight is 263 g/mol. The van der Waals surface area contributed by atoms with Crippen LogP contribution in [0.25, 0.3) is 0 Å². The zero-order valence-corrected chi connectivity index (χ0v) is 11.0. The molecule has 1 aromatic carbocycles. The first-order valence-electron chi connectivity index (χ1n) is 6.09. The Morgan fingerprint density at radius 1 is 1.50 bits per heavy atom. The molecule has 2 aromatic rings. The standard InChI is InChI=1S/C14H15ClN2O/c1-18-8-12-10-2-3-11(14-16-6-7-17-14)9(10)4-5-13(12)15/h4-7,11H,2-3,8H2,1H3,(H,16,17)/t11-/m0/s1. The van der Waals surface area contributed by atoms with Crippen molar-refractivity contribution in [2.75, 3.05) is 7.11 Å². The molecule has 0 radical (unpaired) electrons. The molecule has 0 fully saturated rings. The van der Waals surface area contributed by atoms with E-state index in [9.17, 15) is 0 Å². The summed E-state index contributed by atoms with van der Waals surface area (Å²) in [5.74, 6) is 1.40. The molecule has 1 atom stereocenters. The van der Waals surface area contributed by atoms with Crippen molar-refractivity contribution in [2.24, 2.45) is 0 Å². The highest BCUT2D eigenvalue weighted by molar-refractivity contribution is 6.31. The molecular formula is C14H15ClN2O. The van der Waals surface area contributed by atoms with Crippen LogP contribution in [0.2, 0.25) is 5.02 Å². The number of hydrogen-bond donors (Lipinski definition) is 1. The summed E-state index contributed by atoms with van der Waals surface area (Å²) in [5, 5.41) is 0.802. The van der Waals surface area contributed by atoms with Crippen LogP contribution in [0.3, 0.4) is 0 Å². The Balaban J connectivity index is 2.05. The smallest absolute Gasteiger partial charge is 0.113 e. The molecule has 3 nitrogen and oxygen atoms in total. The molecule has 1 aliphatic rings. The summed E-state index contributed by atoms with van der Waals surface area (Å²) in [6.07, 6.45) is 5.80. The number of nitrogens with one attached hydrogen (secondary N) is 1. The van der Waals surface area contributed by atoms with Crippen molar-refractivity contribution in [1.29, 1.82) is 0 Å². The van der Waals surface area contributed by atoms with Crippen molar-refractivity contribution in [2.45, 2.75) is 25.4 Å². The summed E-state index contributed by atoms with van der Waals surface area (Å²) >= 11 is 6.26. The maximum atomic E-state index is 6.26. The predicted molar refractivity (Wildman–Crippen MR) is 70.9 cm³/mol. The molecule has 1 N–H and O–H groups in total. The van der Waals surface area contributed by atoms with E-state index in [2.05, 4.69) is 16.0 Å². The van der Waals surface area contributed by atoms with Gasteiger partial charge in [0.05, 0.1) is 6.61 Å². The number of aromatic nitrogens is 2. The second-order valence-corrected chi connectivity index (χ2v) is 5.00. The molecule has 0 spiro atoms. The van der Waals surface area contributed by atoms with Gasteiger partial charge in [-0.25, -0.2) is 4.98 Å². The van der Waals surface area contributed by atoms with Crippen molar-refractivity contribution in [3.05, 3.63) is 52.1 Å². The number of nitrogens with zero attached hydrogens (tertiary/aromatic N) is 1. The number of benzene rings is 1. The first-order valence-corrected chi connectivity index (χ1v) is 6.47. The maximum Gasteiger partial charge on any atom is 0.113 e. The summed E-state index contributed by atoms with van der Waals surface area (Å²) in [6.45, 7) is 0.576. The largest absolute Gasteiger partial charge is 0.380 e. The molecule has 0 unspecified atom stereocenters. The minimum Gasteiger partial charge on any atom is -0.380 e. The van der Waals surface area contributed by atoms with Crippen LogP contribution >= 0.6 is 11.6 Å². The van der Waals surface area contributed by atoms with E-state index in [1.165, 1.54) is 11.1 Å². The lowest BCUT2D eigenvalue weighted by molar-refractivity contribution is 0.184. The molecule has 18 heavy (non-hydrogen) atoms. The summed E-state index contributed by atoms with van der Waals surface area (Å²) < 4.78 is 5.25. The van der Waals surface area contributed by atoms with E-state index in [4.69, 9.17) is 16.3 Å². The molecule has 3 rings (SSSR count). The second-order valence-electron chi connectivity index (χ2n) is 4.59. The van der Waals surface area contributed by atoms with Gasteiger partial charge in [-0.15, -0.1) is 0 Å². The minimum atomic E-state index is 0.364. The van der Waals surface area contributed by atoms with Crippen molar-refractivity contribution < 1.29 is 4.74 Å². The Hall–Kier alpha value is -1.32. The number of ether oxygens (including phenoxy) is 1. The van der Waals surface area contributed by atoms with Crippen LogP contribution in [0.5, 0.6) is 0 Å². The monoisotopic (exact) mass is 262 g/mol. The van der Waals surface area contributed by atoms with Gasteiger partial charge in [-0.1, -0.05) is 17.7 Å². The molecule has 1 aliphatic carbocycles. The van der Waals surface area contributed by atoms with Crippen LogP contribution in [-0.4, -0.2) is 17.1 Å². The maximum absolute atomic E-state index is 6.26. The number of halogens is 1. The van der Waals surface area contributed by atoms with Gasteiger partial charge in [0.1, 0.15) is 5.82 Å². The summed E-state index contributed by atoms with van der Waals surface area (Å²) in [5.41, 5.74) is 3.80. The quantitative estimate of drug-likeness (QED) is 0.922. The van der Waals surface area contributed by atoms with E-state index in [0.29, 0.717) is 12.5 Å². The van der Waals surface area contributed by atoms with E-state index in [0.717, 1.165) is 29.3 Å². The SMILES string of the molecule is COCc1c(Cl)ccc2c1CC[C@@H]2c1ncc[nH]1. The molecule has 1 heterocycles. The Morgan fingerprint density at radius 3 is 3.11 bits per heavy atom. The highest BCUT2D eigenvalue weighted by atomic mass is 35.5. The van der Waals surface area contributed by atoms with Crippen LogP contribution in [0.1, 0.15) is 34.9 Å². The zero-order valence-electron chi connectivity index (χ0n) is 10.2. The summed E-state index contributed by atoms with van der Waals surface area (Å²) in [7, 11) is 1.70. The fraction of sp³-hybridized carbons (Fsp3) is 0.357. The Bertz CT molecular complexity index is 551. The third-order valence-corrected chi connectivity index (χ3v) is 3.96. The third-order valence-electron chi connectivity index (χ3n) is 3.61. The van der Waals surface area contributed by atoms with Crippen LogP contribution in [0, 0.1) is 0 Å². The fourth-order valence-corrected chi connectivity index (χ4v) is 3.03. The molecule has 0 aliphatic heterocycles. The van der Waals surface area contributed by atoms with Gasteiger partial charge in [-0.2, -0.15) is 0 Å².